The second-order valence-corrected chi connectivity index (χ2v) is 5.42. The number of anilines is 2. The highest BCUT2D eigenvalue weighted by Gasteiger charge is 2.20. The van der Waals surface area contributed by atoms with Gasteiger partial charge in [-0.25, -0.2) is 4.98 Å². The monoisotopic (exact) mass is 244 g/mol. The van der Waals surface area contributed by atoms with E-state index in [1.165, 1.54) is 23.6 Å². The quantitative estimate of drug-likeness (QED) is 0.814. The fourth-order valence-electron chi connectivity index (χ4n) is 0.964. The molecule has 7 heteroatoms. The summed E-state index contributed by atoms with van der Waals surface area (Å²) >= 11 is 0. The molecule has 3 N–H and O–H groups in total. The highest BCUT2D eigenvalue weighted by molar-refractivity contribution is 7.90. The zero-order valence-electron chi connectivity index (χ0n) is 9.51. The maximum absolute atomic E-state index is 11.8. The van der Waals surface area contributed by atoms with Gasteiger partial charge < -0.3 is 5.73 Å². The van der Waals surface area contributed by atoms with Crippen molar-refractivity contribution in [1.82, 2.24) is 9.29 Å². The van der Waals surface area contributed by atoms with Crippen LogP contribution in [0, 0.1) is 0 Å². The minimum atomic E-state index is -3.52. The molecular weight excluding hydrogens is 228 g/mol. The predicted molar refractivity (Wildman–Crippen MR) is 64.1 cm³/mol. The Labute approximate surface area is 95.7 Å². The van der Waals surface area contributed by atoms with Crippen LogP contribution >= 0.6 is 0 Å². The number of hydrogen-bond acceptors (Lipinski definition) is 4. The van der Waals surface area contributed by atoms with Crippen LogP contribution in [-0.2, 0) is 10.2 Å². The maximum atomic E-state index is 11.8. The van der Waals surface area contributed by atoms with E-state index in [0.29, 0.717) is 11.5 Å². The van der Waals surface area contributed by atoms with Crippen LogP contribution in [0.15, 0.2) is 18.3 Å². The molecule has 0 aliphatic heterocycles. The summed E-state index contributed by atoms with van der Waals surface area (Å²) < 4.78 is 27.2. The molecule has 0 fully saturated rings. The lowest BCUT2D eigenvalue weighted by molar-refractivity contribution is 0.414. The summed E-state index contributed by atoms with van der Waals surface area (Å²) in [6, 6.07) is 2.99. The SMILES string of the molecule is CC(C)N(C)S(=O)(=O)Nc1ccc(N)nc1. The van der Waals surface area contributed by atoms with Gasteiger partial charge in [-0.3, -0.25) is 4.72 Å². The van der Waals surface area contributed by atoms with E-state index in [2.05, 4.69) is 9.71 Å². The number of hydrogen-bond donors (Lipinski definition) is 2. The van der Waals surface area contributed by atoms with Gasteiger partial charge in [0.25, 0.3) is 0 Å². The Bertz CT molecular complexity index is 441. The van der Waals surface area contributed by atoms with Gasteiger partial charge in [0.15, 0.2) is 0 Å². The number of nitrogens with two attached hydrogens (primary N) is 1. The third-order valence-corrected chi connectivity index (χ3v) is 3.81. The predicted octanol–water partition coefficient (Wildman–Crippen LogP) is 0.661. The minimum Gasteiger partial charge on any atom is -0.384 e. The summed E-state index contributed by atoms with van der Waals surface area (Å²) in [6.07, 6.45) is 1.38. The Morgan fingerprint density at radius 3 is 2.50 bits per heavy atom. The Balaban J connectivity index is 2.85. The summed E-state index contributed by atoms with van der Waals surface area (Å²) in [4.78, 5) is 3.80. The molecule has 0 saturated heterocycles. The average molecular weight is 244 g/mol. The molecule has 1 rings (SSSR count). The Hall–Kier alpha value is -1.34. The van der Waals surface area contributed by atoms with Gasteiger partial charge in [0.1, 0.15) is 5.82 Å². The maximum Gasteiger partial charge on any atom is 0.301 e. The fourth-order valence-corrected chi connectivity index (χ4v) is 2.08. The van der Waals surface area contributed by atoms with E-state index in [-0.39, 0.29) is 6.04 Å². The van der Waals surface area contributed by atoms with Crippen molar-refractivity contribution in [2.24, 2.45) is 0 Å². The zero-order chi connectivity index (χ0) is 12.3. The van der Waals surface area contributed by atoms with Gasteiger partial charge in [0, 0.05) is 13.1 Å². The lowest BCUT2D eigenvalue weighted by Gasteiger charge is -2.21. The number of nitrogens with zero attached hydrogens (tertiary/aromatic N) is 2. The molecule has 1 aromatic heterocycles. The van der Waals surface area contributed by atoms with Crippen molar-refractivity contribution < 1.29 is 8.42 Å². The molecule has 0 radical (unpaired) electrons. The van der Waals surface area contributed by atoms with Crippen molar-refractivity contribution in [1.29, 1.82) is 0 Å². The lowest BCUT2D eigenvalue weighted by Crippen LogP contribution is -2.37. The van der Waals surface area contributed by atoms with E-state index in [4.69, 9.17) is 5.73 Å². The third-order valence-electron chi connectivity index (χ3n) is 2.14. The Kier molecular flexibility index (Phi) is 3.71. The second kappa shape index (κ2) is 4.67. The molecule has 6 nitrogen and oxygen atoms in total. The van der Waals surface area contributed by atoms with Crippen molar-refractivity contribution in [2.75, 3.05) is 17.5 Å². The molecule has 0 bridgehead atoms. The first-order chi connectivity index (χ1) is 7.33. The molecule has 16 heavy (non-hydrogen) atoms. The van der Waals surface area contributed by atoms with Gasteiger partial charge >= 0.3 is 10.2 Å². The number of nitrogens with one attached hydrogen (secondary N) is 1. The molecule has 90 valence electrons. The smallest absolute Gasteiger partial charge is 0.301 e. The van der Waals surface area contributed by atoms with Crippen LogP contribution in [0.25, 0.3) is 0 Å². The molecule has 0 saturated carbocycles. The average Bonchev–Trinajstić information content (AvgIpc) is 2.20. The molecule has 1 heterocycles. The van der Waals surface area contributed by atoms with Crippen molar-refractivity contribution in [3.63, 3.8) is 0 Å². The standard InChI is InChI=1S/C9H16N4O2S/c1-7(2)13(3)16(14,15)12-8-4-5-9(10)11-6-8/h4-7,12H,1-3H3,(H2,10,11). The van der Waals surface area contributed by atoms with Gasteiger partial charge in [0.05, 0.1) is 11.9 Å². The molecule has 0 aromatic carbocycles. The summed E-state index contributed by atoms with van der Waals surface area (Å²) in [5.41, 5.74) is 5.79. The molecule has 0 atom stereocenters. The minimum absolute atomic E-state index is 0.112. The first-order valence-electron chi connectivity index (χ1n) is 4.80. The fraction of sp³-hybridized carbons (Fsp3) is 0.444. The normalized spacial score (nSPS) is 12.1. The summed E-state index contributed by atoms with van der Waals surface area (Å²) in [7, 11) is -2.01. The van der Waals surface area contributed by atoms with Crippen LogP contribution in [0.1, 0.15) is 13.8 Å². The van der Waals surface area contributed by atoms with Crippen molar-refractivity contribution in [3.05, 3.63) is 18.3 Å². The van der Waals surface area contributed by atoms with Crippen LogP contribution < -0.4 is 10.5 Å². The summed E-state index contributed by atoms with van der Waals surface area (Å²) in [5.74, 6) is 0.347. The third kappa shape index (κ3) is 3.07. The molecule has 0 spiro atoms. The molecular formula is C9H16N4O2S. The zero-order valence-corrected chi connectivity index (χ0v) is 10.3. The highest BCUT2D eigenvalue weighted by Crippen LogP contribution is 2.12. The molecule has 1 aromatic rings. The first kappa shape index (κ1) is 12.7. The first-order valence-corrected chi connectivity index (χ1v) is 6.24. The van der Waals surface area contributed by atoms with E-state index in [9.17, 15) is 8.42 Å². The second-order valence-electron chi connectivity index (χ2n) is 3.69. The van der Waals surface area contributed by atoms with Gasteiger partial charge in [-0.05, 0) is 26.0 Å². The van der Waals surface area contributed by atoms with Gasteiger partial charge in [-0.2, -0.15) is 12.7 Å². The summed E-state index contributed by atoms with van der Waals surface area (Å²) in [6.45, 7) is 3.58. The highest BCUT2D eigenvalue weighted by atomic mass is 32.2. The molecule has 0 aliphatic carbocycles. The molecule has 0 amide bonds. The van der Waals surface area contributed by atoms with Crippen LogP contribution in [0.4, 0.5) is 11.5 Å². The van der Waals surface area contributed by atoms with Gasteiger partial charge in [0.2, 0.25) is 0 Å². The Morgan fingerprint density at radius 2 is 2.06 bits per heavy atom. The van der Waals surface area contributed by atoms with Gasteiger partial charge in [-0.1, -0.05) is 0 Å². The number of pyridine rings is 1. The van der Waals surface area contributed by atoms with E-state index >= 15 is 0 Å². The van der Waals surface area contributed by atoms with Crippen LogP contribution in [0.2, 0.25) is 0 Å². The van der Waals surface area contributed by atoms with Gasteiger partial charge in [-0.15, -0.1) is 0 Å². The van der Waals surface area contributed by atoms with Crippen molar-refractivity contribution >= 4 is 21.7 Å². The number of rotatable bonds is 4. The lowest BCUT2D eigenvalue weighted by atomic mass is 10.4. The van der Waals surface area contributed by atoms with Crippen LogP contribution in [0.5, 0.6) is 0 Å². The van der Waals surface area contributed by atoms with E-state index < -0.39 is 10.2 Å². The number of nitrogen functional groups attached to an aromatic ring is 1. The van der Waals surface area contributed by atoms with E-state index in [0.717, 1.165) is 0 Å². The Morgan fingerprint density at radius 1 is 1.44 bits per heavy atom. The van der Waals surface area contributed by atoms with E-state index in [1.807, 2.05) is 0 Å². The summed E-state index contributed by atoms with van der Waals surface area (Å²) in [5, 5.41) is 0. The number of aromatic nitrogens is 1. The van der Waals surface area contributed by atoms with E-state index in [1.54, 1.807) is 19.9 Å². The topological polar surface area (TPSA) is 88.3 Å². The van der Waals surface area contributed by atoms with Crippen molar-refractivity contribution in [3.8, 4) is 0 Å². The molecule has 0 unspecified atom stereocenters. The van der Waals surface area contributed by atoms with Crippen molar-refractivity contribution in [2.45, 2.75) is 19.9 Å². The largest absolute Gasteiger partial charge is 0.384 e. The van der Waals surface area contributed by atoms with Crippen LogP contribution in [0.3, 0.4) is 0 Å². The molecule has 0 aliphatic rings. The van der Waals surface area contributed by atoms with Crippen LogP contribution in [-0.4, -0.2) is 30.8 Å².